The highest BCUT2D eigenvalue weighted by Crippen LogP contribution is 2.22. The highest BCUT2D eigenvalue weighted by Gasteiger charge is 2.21. The molecule has 10 nitrogen and oxygen atoms in total. The van der Waals surface area contributed by atoms with E-state index in [4.69, 9.17) is 0 Å². The molecule has 156 valence electrons. The summed E-state index contributed by atoms with van der Waals surface area (Å²) in [5.41, 5.74) is 2.01. The third-order valence-corrected chi connectivity index (χ3v) is 4.70. The molecule has 0 aliphatic carbocycles. The van der Waals surface area contributed by atoms with E-state index in [9.17, 15) is 19.7 Å². The summed E-state index contributed by atoms with van der Waals surface area (Å²) in [7, 11) is 0. The van der Waals surface area contributed by atoms with Gasteiger partial charge in [0.2, 0.25) is 0 Å². The van der Waals surface area contributed by atoms with Gasteiger partial charge in [0.05, 0.1) is 11.5 Å². The molecule has 2 aromatic carbocycles. The van der Waals surface area contributed by atoms with Crippen LogP contribution in [0.25, 0.3) is 5.78 Å². The molecule has 0 spiro atoms. The first-order valence-corrected chi connectivity index (χ1v) is 9.40. The molecule has 4 aromatic rings. The standard InChI is InChI=1S/C21H18N6O4/c1-13-4-3-5-17(10-13)25(20(29)15-6-8-16(9-7-15)27(30)31)12-18-23-21-22-14(2)11-19(28)26(21)24-18/h3-11H,12H2,1-2H3,(H,22,23,24). The molecular weight excluding hydrogens is 400 g/mol. The summed E-state index contributed by atoms with van der Waals surface area (Å²) in [4.78, 5) is 45.9. The number of hydrogen-bond donors (Lipinski definition) is 1. The SMILES string of the molecule is Cc1cccc(N(Cc2nc3nc(C)cc(=O)n3[nH]2)C(=O)c2ccc([N+](=O)[O-])cc2)c1. The summed E-state index contributed by atoms with van der Waals surface area (Å²) >= 11 is 0. The average molecular weight is 418 g/mol. The van der Waals surface area contributed by atoms with Crippen molar-refractivity contribution in [2.75, 3.05) is 4.90 Å². The molecule has 0 aliphatic heterocycles. The molecule has 0 aliphatic rings. The fourth-order valence-corrected chi connectivity index (χ4v) is 3.21. The number of rotatable bonds is 5. The van der Waals surface area contributed by atoms with Crippen LogP contribution in [0.15, 0.2) is 59.4 Å². The number of nitrogens with zero attached hydrogens (tertiary/aromatic N) is 5. The van der Waals surface area contributed by atoms with Crippen LogP contribution in [0.3, 0.4) is 0 Å². The van der Waals surface area contributed by atoms with Gasteiger partial charge in [0.1, 0.15) is 5.82 Å². The number of carbonyl (C=O) groups is 1. The Morgan fingerprint density at radius 2 is 1.87 bits per heavy atom. The molecule has 2 heterocycles. The minimum Gasteiger partial charge on any atom is -0.301 e. The Labute approximate surface area is 175 Å². The molecule has 31 heavy (non-hydrogen) atoms. The van der Waals surface area contributed by atoms with E-state index in [0.717, 1.165) is 5.56 Å². The van der Waals surface area contributed by atoms with Gasteiger partial charge in [0.15, 0.2) is 0 Å². The minimum atomic E-state index is -0.520. The zero-order valence-corrected chi connectivity index (χ0v) is 16.8. The summed E-state index contributed by atoms with van der Waals surface area (Å²) in [6.45, 7) is 3.65. The number of anilines is 1. The van der Waals surface area contributed by atoms with E-state index in [1.807, 2.05) is 25.1 Å². The zero-order chi connectivity index (χ0) is 22.1. The van der Waals surface area contributed by atoms with Gasteiger partial charge in [0.25, 0.3) is 22.9 Å². The van der Waals surface area contributed by atoms with Crippen molar-refractivity contribution in [3.05, 3.63) is 97.7 Å². The van der Waals surface area contributed by atoms with Crippen LogP contribution in [-0.2, 0) is 6.54 Å². The van der Waals surface area contributed by atoms with Gasteiger partial charge in [-0.1, -0.05) is 12.1 Å². The average Bonchev–Trinajstić information content (AvgIpc) is 3.14. The molecule has 0 bridgehead atoms. The first kappa shape index (κ1) is 20.0. The van der Waals surface area contributed by atoms with Crippen LogP contribution in [0.1, 0.15) is 27.4 Å². The number of nitro groups is 1. The lowest BCUT2D eigenvalue weighted by atomic mass is 10.1. The third kappa shape index (κ3) is 4.04. The Balaban J connectivity index is 1.74. The number of hydrogen-bond acceptors (Lipinski definition) is 6. The molecule has 0 radical (unpaired) electrons. The number of H-pyrrole nitrogens is 1. The number of nitro benzene ring substituents is 1. The first-order valence-electron chi connectivity index (χ1n) is 9.40. The largest absolute Gasteiger partial charge is 0.301 e. The van der Waals surface area contributed by atoms with Crippen LogP contribution in [0.2, 0.25) is 0 Å². The predicted molar refractivity (Wildman–Crippen MR) is 113 cm³/mol. The molecular formula is C21H18N6O4. The van der Waals surface area contributed by atoms with Crippen LogP contribution in [0.5, 0.6) is 0 Å². The van der Waals surface area contributed by atoms with E-state index in [0.29, 0.717) is 17.2 Å². The highest BCUT2D eigenvalue weighted by molar-refractivity contribution is 6.06. The monoisotopic (exact) mass is 418 g/mol. The van der Waals surface area contributed by atoms with Crippen LogP contribution in [-0.4, -0.2) is 30.4 Å². The van der Waals surface area contributed by atoms with Gasteiger partial charge in [-0.05, 0) is 43.7 Å². The number of fused-ring (bicyclic) bond motifs is 1. The maximum Gasteiger partial charge on any atom is 0.274 e. The molecule has 2 aromatic heterocycles. The van der Waals surface area contributed by atoms with Crippen molar-refractivity contribution >= 4 is 23.1 Å². The van der Waals surface area contributed by atoms with Gasteiger partial charge >= 0.3 is 0 Å². The van der Waals surface area contributed by atoms with Crippen molar-refractivity contribution in [1.29, 1.82) is 0 Å². The summed E-state index contributed by atoms with van der Waals surface area (Å²) < 4.78 is 1.22. The summed E-state index contributed by atoms with van der Waals surface area (Å²) in [5.74, 6) is 0.219. The van der Waals surface area contributed by atoms with Crippen LogP contribution in [0.4, 0.5) is 11.4 Å². The third-order valence-electron chi connectivity index (χ3n) is 4.70. The summed E-state index contributed by atoms with van der Waals surface area (Å²) in [6.07, 6.45) is 0. The number of benzene rings is 2. The van der Waals surface area contributed by atoms with Gasteiger partial charge in [0, 0.05) is 35.1 Å². The number of aryl methyl sites for hydroxylation is 2. The Kier molecular flexibility index (Phi) is 5.04. The first-order chi connectivity index (χ1) is 14.8. The van der Waals surface area contributed by atoms with Gasteiger partial charge in [-0.3, -0.25) is 24.8 Å². The van der Waals surface area contributed by atoms with E-state index in [1.165, 1.54) is 39.7 Å². The fourth-order valence-electron chi connectivity index (χ4n) is 3.21. The van der Waals surface area contributed by atoms with Gasteiger partial charge in [-0.25, -0.2) is 4.98 Å². The lowest BCUT2D eigenvalue weighted by Crippen LogP contribution is -2.31. The van der Waals surface area contributed by atoms with Crippen molar-refractivity contribution < 1.29 is 9.72 Å². The van der Waals surface area contributed by atoms with E-state index >= 15 is 0 Å². The highest BCUT2D eigenvalue weighted by atomic mass is 16.6. The van der Waals surface area contributed by atoms with Crippen molar-refractivity contribution in [3.8, 4) is 0 Å². The second-order valence-corrected chi connectivity index (χ2v) is 7.08. The van der Waals surface area contributed by atoms with Crippen molar-refractivity contribution in [1.82, 2.24) is 19.6 Å². The van der Waals surface area contributed by atoms with Crippen molar-refractivity contribution in [2.45, 2.75) is 20.4 Å². The Morgan fingerprint density at radius 3 is 2.55 bits per heavy atom. The molecule has 0 fully saturated rings. The second kappa shape index (κ2) is 7.82. The Morgan fingerprint density at radius 1 is 1.13 bits per heavy atom. The molecule has 1 N–H and O–H groups in total. The van der Waals surface area contributed by atoms with Crippen LogP contribution in [0, 0.1) is 24.0 Å². The lowest BCUT2D eigenvalue weighted by Gasteiger charge is -2.22. The van der Waals surface area contributed by atoms with E-state index in [-0.39, 0.29) is 35.0 Å². The Hall–Kier alpha value is -4.34. The normalized spacial score (nSPS) is 10.9. The summed E-state index contributed by atoms with van der Waals surface area (Å²) in [6, 6.07) is 14.2. The smallest absolute Gasteiger partial charge is 0.274 e. The molecule has 10 heteroatoms. The Bertz CT molecular complexity index is 1360. The van der Waals surface area contributed by atoms with Gasteiger partial charge in [-0.2, -0.15) is 9.50 Å². The molecule has 0 atom stereocenters. The van der Waals surface area contributed by atoms with E-state index in [2.05, 4.69) is 15.1 Å². The minimum absolute atomic E-state index is 0.0428. The molecule has 0 unspecified atom stereocenters. The number of carbonyl (C=O) groups excluding carboxylic acids is 1. The van der Waals surface area contributed by atoms with E-state index in [1.54, 1.807) is 13.0 Å². The van der Waals surface area contributed by atoms with Crippen molar-refractivity contribution in [2.24, 2.45) is 0 Å². The quantitative estimate of drug-likeness (QED) is 0.392. The number of aromatic amines is 1. The van der Waals surface area contributed by atoms with Crippen molar-refractivity contribution in [3.63, 3.8) is 0 Å². The van der Waals surface area contributed by atoms with E-state index < -0.39 is 4.92 Å². The van der Waals surface area contributed by atoms with Crippen LogP contribution < -0.4 is 10.5 Å². The second-order valence-electron chi connectivity index (χ2n) is 7.08. The lowest BCUT2D eigenvalue weighted by molar-refractivity contribution is -0.384. The molecule has 1 amide bonds. The fraction of sp³-hybridized carbons (Fsp3) is 0.143. The number of aromatic nitrogens is 4. The number of non-ortho nitro benzene ring substituents is 1. The maximum absolute atomic E-state index is 13.3. The molecule has 4 rings (SSSR count). The van der Waals surface area contributed by atoms with Crippen LogP contribution >= 0.6 is 0 Å². The zero-order valence-electron chi connectivity index (χ0n) is 16.8. The number of nitrogens with one attached hydrogen (secondary N) is 1. The van der Waals surface area contributed by atoms with Gasteiger partial charge < -0.3 is 4.90 Å². The molecule has 0 saturated carbocycles. The summed E-state index contributed by atoms with van der Waals surface area (Å²) in [5, 5.41) is 13.8. The maximum atomic E-state index is 13.3. The van der Waals surface area contributed by atoms with Gasteiger partial charge in [-0.15, -0.1) is 0 Å². The molecule has 0 saturated heterocycles. The number of amides is 1. The predicted octanol–water partition coefficient (Wildman–Crippen LogP) is 2.79. The topological polar surface area (TPSA) is 126 Å².